The van der Waals surface area contributed by atoms with Gasteiger partial charge in [0, 0.05) is 52.2 Å². The lowest BCUT2D eigenvalue weighted by Crippen LogP contribution is -2.48. The number of Topliss-reactive ketones (excluding diaryl/α,β-unsaturated/α-hetero) is 1. The first kappa shape index (κ1) is 59.9. The highest BCUT2D eigenvalue weighted by molar-refractivity contribution is 5.88. The van der Waals surface area contributed by atoms with E-state index in [0.29, 0.717) is 25.4 Å². The van der Waals surface area contributed by atoms with Crippen LogP contribution in [0.1, 0.15) is 142 Å². The van der Waals surface area contributed by atoms with Crippen LogP contribution in [0.25, 0.3) is 0 Å². The van der Waals surface area contributed by atoms with Crippen molar-refractivity contribution in [3.8, 4) is 0 Å². The van der Waals surface area contributed by atoms with Crippen LogP contribution >= 0.6 is 0 Å². The van der Waals surface area contributed by atoms with E-state index in [4.69, 9.17) is 23.7 Å². The Labute approximate surface area is 394 Å². The number of amides is 3. The maximum absolute atomic E-state index is 14.2. The van der Waals surface area contributed by atoms with Crippen molar-refractivity contribution in [1.29, 1.82) is 0 Å². The van der Waals surface area contributed by atoms with E-state index in [1.807, 2.05) is 0 Å². The highest BCUT2D eigenvalue weighted by Crippen LogP contribution is 2.32. The normalized spacial score (nSPS) is 16.6. The number of hydrogen-bond acceptors (Lipinski definition) is 14. The van der Waals surface area contributed by atoms with Gasteiger partial charge in [-0.2, -0.15) is 0 Å². The third kappa shape index (κ3) is 20.4. The van der Waals surface area contributed by atoms with Gasteiger partial charge in [-0.3, -0.25) is 38.4 Å². The fraction of sp³-hybridized carbons (Fsp3) is 0.837. The van der Waals surface area contributed by atoms with Gasteiger partial charge in [0.15, 0.2) is 0 Å². The highest BCUT2D eigenvalue weighted by Gasteiger charge is 2.41. The number of rotatable bonds is 25. The molecule has 1 fully saturated rings. The van der Waals surface area contributed by atoms with Crippen LogP contribution in [0.15, 0.2) is 0 Å². The molecular weight excluding hydrogens is 855 g/mol. The molecule has 1 aliphatic carbocycles. The van der Waals surface area contributed by atoms with E-state index in [1.54, 1.807) is 90.2 Å². The van der Waals surface area contributed by atoms with Gasteiger partial charge in [-0.25, -0.2) is 0 Å². The zero-order valence-electron chi connectivity index (χ0n) is 43.0. The predicted octanol–water partition coefficient (Wildman–Crippen LogP) is 5.22. The summed E-state index contributed by atoms with van der Waals surface area (Å²) in [5, 5.41) is 16.1. The second-order valence-corrected chi connectivity index (χ2v) is 22.7. The first-order valence-corrected chi connectivity index (χ1v) is 23.4. The molecule has 0 aromatic carbocycles. The summed E-state index contributed by atoms with van der Waals surface area (Å²) >= 11 is 0. The summed E-state index contributed by atoms with van der Waals surface area (Å²) in [6, 6.07) is 0. The van der Waals surface area contributed by atoms with Gasteiger partial charge in [-0.1, -0.05) is 0 Å². The van der Waals surface area contributed by atoms with E-state index in [9.17, 15) is 43.5 Å². The number of methoxy groups -OCH3 is 1. The number of nitrogens with one attached hydrogen (secondary N) is 2. The number of nitrogens with zero attached hydrogens (tertiary/aromatic N) is 1. The molecule has 0 aliphatic heterocycles. The molecule has 66 heavy (non-hydrogen) atoms. The quantitative estimate of drug-likeness (QED) is 0.0606. The van der Waals surface area contributed by atoms with Gasteiger partial charge in [0.2, 0.25) is 17.7 Å². The van der Waals surface area contributed by atoms with Crippen LogP contribution in [-0.2, 0) is 62.0 Å². The van der Waals surface area contributed by atoms with Crippen molar-refractivity contribution in [2.24, 2.45) is 50.2 Å². The lowest BCUT2D eigenvalue weighted by atomic mass is 9.78. The summed E-state index contributed by atoms with van der Waals surface area (Å²) < 4.78 is 27.3. The summed E-state index contributed by atoms with van der Waals surface area (Å²) in [4.78, 5) is 107. The molecule has 17 heteroatoms. The Morgan fingerprint density at radius 1 is 0.561 bits per heavy atom. The predicted molar refractivity (Wildman–Crippen MR) is 247 cm³/mol. The number of carbonyl (C=O) groups is 8. The topological polar surface area (TPSA) is 230 Å². The van der Waals surface area contributed by atoms with Crippen LogP contribution in [0.2, 0.25) is 0 Å². The molecule has 1 saturated carbocycles. The fourth-order valence-corrected chi connectivity index (χ4v) is 6.60. The Bertz CT molecular complexity index is 1490. The number of ether oxygens (including phenoxy) is 5. The maximum atomic E-state index is 14.2. The lowest BCUT2D eigenvalue weighted by Gasteiger charge is -2.31. The van der Waals surface area contributed by atoms with Crippen molar-refractivity contribution in [2.45, 2.75) is 142 Å². The minimum absolute atomic E-state index is 0.0573. The number of aliphatic hydroxyl groups is 1. The van der Waals surface area contributed by atoms with E-state index in [2.05, 4.69) is 10.6 Å². The zero-order valence-corrected chi connectivity index (χ0v) is 43.0. The molecule has 0 bridgehead atoms. The van der Waals surface area contributed by atoms with Crippen molar-refractivity contribution in [3.05, 3.63) is 0 Å². The SMILES string of the molecule is COCC1CCC(C(=O)C[C@H](CO)C(=O)N(CCCNC(=O)C(C)(COC(=O)C(C)(C)C)COC(=O)C(C)(C)C)CCCNC(=O)C(C)(COC(=O)C(C)(C)C)COC(=O)C(C)(C)C)CC1. The summed E-state index contributed by atoms with van der Waals surface area (Å²) in [5.41, 5.74) is -6.29. The molecule has 0 radical (unpaired) electrons. The van der Waals surface area contributed by atoms with E-state index < -0.39 is 86.6 Å². The molecule has 0 unspecified atom stereocenters. The lowest BCUT2D eigenvalue weighted by molar-refractivity contribution is -0.168. The molecule has 0 heterocycles. The highest BCUT2D eigenvalue weighted by atomic mass is 16.6. The Kier molecular flexibility index (Phi) is 23.5. The molecule has 3 N–H and O–H groups in total. The van der Waals surface area contributed by atoms with Crippen molar-refractivity contribution in [2.75, 3.05) is 72.9 Å². The molecule has 380 valence electrons. The van der Waals surface area contributed by atoms with Gasteiger partial charge in [0.25, 0.3) is 0 Å². The van der Waals surface area contributed by atoms with E-state index in [1.165, 1.54) is 18.7 Å². The van der Waals surface area contributed by atoms with Gasteiger partial charge in [-0.15, -0.1) is 0 Å². The van der Waals surface area contributed by atoms with Crippen molar-refractivity contribution in [1.82, 2.24) is 15.5 Å². The Balaban J connectivity index is 3.26. The first-order chi connectivity index (χ1) is 30.2. The van der Waals surface area contributed by atoms with Crippen LogP contribution < -0.4 is 10.6 Å². The van der Waals surface area contributed by atoms with E-state index in [-0.39, 0.29) is 83.6 Å². The molecule has 17 nitrogen and oxygen atoms in total. The average Bonchev–Trinajstić information content (AvgIpc) is 3.22. The molecule has 1 aliphatic rings. The number of carbonyl (C=O) groups excluding carboxylic acids is 8. The molecule has 3 amide bonds. The smallest absolute Gasteiger partial charge is 0.311 e. The second kappa shape index (κ2) is 25.9. The number of hydrogen-bond donors (Lipinski definition) is 3. The zero-order chi connectivity index (χ0) is 50.9. The monoisotopic (exact) mass is 940 g/mol. The van der Waals surface area contributed by atoms with Crippen molar-refractivity contribution >= 4 is 47.4 Å². The van der Waals surface area contributed by atoms with Crippen LogP contribution in [0.3, 0.4) is 0 Å². The van der Waals surface area contributed by atoms with Gasteiger partial charge in [0.1, 0.15) is 43.0 Å². The van der Waals surface area contributed by atoms with Crippen LogP contribution in [-0.4, -0.2) is 130 Å². The van der Waals surface area contributed by atoms with Crippen molar-refractivity contribution < 1.29 is 67.1 Å². The molecule has 1 atom stereocenters. The summed E-state index contributed by atoms with van der Waals surface area (Å²) in [7, 11) is 1.65. The van der Waals surface area contributed by atoms with Crippen LogP contribution in [0.5, 0.6) is 0 Å². The minimum Gasteiger partial charge on any atom is -0.464 e. The molecule has 0 aromatic rings. The summed E-state index contributed by atoms with van der Waals surface area (Å²) in [6.45, 7) is 22.1. The maximum Gasteiger partial charge on any atom is 0.311 e. The first-order valence-electron chi connectivity index (χ1n) is 23.4. The van der Waals surface area contributed by atoms with Gasteiger partial charge in [0.05, 0.1) is 34.2 Å². The Hall–Kier alpha value is -4.12. The fourth-order valence-electron chi connectivity index (χ4n) is 6.60. The average molecular weight is 940 g/mol. The standard InChI is InChI=1S/C49H85N3O14/c1-44(2,3)40(58)63-29-48(13,30-64-41(59)45(4,5)6)38(56)50-22-16-24-52(37(55)35(27-53)26-36(54)34-20-18-33(19-21-34)28-62-15)25-17-23-51-39(57)49(14,31-65-42(60)46(7,8)9)32-66-43(61)47(10,11)12/h33-35,53H,16-32H2,1-15H3,(H,50,56)(H,51,57)/t33?,34?,35-/m1/s1. The molecular formula is C49H85N3O14. The largest absolute Gasteiger partial charge is 0.464 e. The van der Waals surface area contributed by atoms with Gasteiger partial charge in [-0.05, 0) is 141 Å². The van der Waals surface area contributed by atoms with Crippen LogP contribution in [0.4, 0.5) is 0 Å². The minimum atomic E-state index is -1.45. The third-order valence-corrected chi connectivity index (χ3v) is 11.4. The Morgan fingerprint density at radius 2 is 0.894 bits per heavy atom. The van der Waals surface area contributed by atoms with E-state index >= 15 is 0 Å². The summed E-state index contributed by atoms with van der Waals surface area (Å²) in [6.07, 6.45) is 3.34. The van der Waals surface area contributed by atoms with Crippen LogP contribution in [0, 0.1) is 50.2 Å². The molecule has 1 rings (SSSR count). The number of esters is 4. The molecule has 0 spiro atoms. The van der Waals surface area contributed by atoms with Gasteiger partial charge < -0.3 is 44.3 Å². The van der Waals surface area contributed by atoms with Crippen molar-refractivity contribution in [3.63, 3.8) is 0 Å². The third-order valence-electron chi connectivity index (χ3n) is 11.4. The number of ketones is 1. The summed E-state index contributed by atoms with van der Waals surface area (Å²) in [5.74, 6) is -4.67. The van der Waals surface area contributed by atoms with E-state index in [0.717, 1.165) is 12.8 Å². The number of aliphatic hydroxyl groups excluding tert-OH is 1. The van der Waals surface area contributed by atoms with Gasteiger partial charge >= 0.3 is 23.9 Å². The molecule has 0 aromatic heterocycles. The Morgan fingerprint density at radius 3 is 1.18 bits per heavy atom. The second-order valence-electron chi connectivity index (χ2n) is 22.7. The molecule has 0 saturated heterocycles.